The first-order chi connectivity index (χ1) is 16.2. The van der Waals surface area contributed by atoms with E-state index in [2.05, 4.69) is 20.3 Å². The first kappa shape index (κ1) is 23.6. The first-order valence-electron chi connectivity index (χ1n) is 10.6. The highest BCUT2D eigenvalue weighted by molar-refractivity contribution is 7.90. The molecule has 0 N–H and O–H groups in total. The van der Waals surface area contributed by atoms with E-state index >= 15 is 0 Å². The topological polar surface area (TPSA) is 121 Å². The smallest absolute Gasteiger partial charge is 0.268 e. The van der Waals surface area contributed by atoms with Crippen molar-refractivity contribution in [3.63, 3.8) is 0 Å². The van der Waals surface area contributed by atoms with Gasteiger partial charge in [0.05, 0.1) is 0 Å². The number of sulfone groups is 1. The minimum Gasteiger partial charge on any atom is -0.481 e. The molecule has 0 spiro atoms. The molecule has 2 heterocycles. The van der Waals surface area contributed by atoms with Crippen LogP contribution in [0.25, 0.3) is 22.8 Å². The van der Waals surface area contributed by atoms with E-state index in [1.165, 1.54) is 12.1 Å². The van der Waals surface area contributed by atoms with Crippen LogP contribution in [0.15, 0.2) is 56.4 Å². The standard InChI is InChI=1S/C23H23FN4O5S/c1-5-18(31-16-9-6-14(7-10-16)20-25-22(13(2)3)32-27-20)23-26-21(28-33-23)15-8-11-19(17(24)12-15)34(4,29)30/h6-13,18H,5H2,1-4H3. The van der Waals surface area contributed by atoms with E-state index in [1.807, 2.05) is 32.9 Å². The lowest BCUT2D eigenvalue weighted by molar-refractivity contribution is 0.154. The lowest BCUT2D eigenvalue weighted by Crippen LogP contribution is -2.07. The lowest BCUT2D eigenvalue weighted by Gasteiger charge is -2.13. The Hall–Kier alpha value is -3.60. The molecule has 0 amide bonds. The van der Waals surface area contributed by atoms with Crippen LogP contribution in [-0.4, -0.2) is 35.0 Å². The molecule has 0 aliphatic carbocycles. The highest BCUT2D eigenvalue weighted by Gasteiger charge is 2.22. The molecule has 11 heteroatoms. The molecule has 0 saturated carbocycles. The van der Waals surface area contributed by atoms with Crippen LogP contribution in [0.1, 0.15) is 51.0 Å². The van der Waals surface area contributed by atoms with Crippen molar-refractivity contribution in [3.8, 4) is 28.5 Å². The van der Waals surface area contributed by atoms with Crippen LogP contribution in [0, 0.1) is 5.82 Å². The highest BCUT2D eigenvalue weighted by atomic mass is 32.2. The van der Waals surface area contributed by atoms with Crippen molar-refractivity contribution in [3.05, 3.63) is 60.1 Å². The maximum absolute atomic E-state index is 14.2. The summed E-state index contributed by atoms with van der Waals surface area (Å²) in [4.78, 5) is 8.30. The van der Waals surface area contributed by atoms with E-state index in [-0.39, 0.29) is 22.5 Å². The second kappa shape index (κ2) is 9.34. The Morgan fingerprint density at radius 2 is 1.53 bits per heavy atom. The van der Waals surface area contributed by atoms with Crippen molar-refractivity contribution in [2.24, 2.45) is 0 Å². The minimum atomic E-state index is -3.68. The number of aromatic nitrogens is 4. The fourth-order valence-corrected chi connectivity index (χ4v) is 3.89. The van der Waals surface area contributed by atoms with Crippen LogP contribution in [0.3, 0.4) is 0 Å². The average Bonchev–Trinajstić information content (AvgIpc) is 3.47. The molecule has 4 aromatic rings. The molecule has 0 saturated heterocycles. The SMILES string of the molecule is CCC(Oc1ccc(-c2noc(C(C)C)n2)cc1)c1nc(-c2ccc(S(C)(=O)=O)c(F)c2)no1. The summed E-state index contributed by atoms with van der Waals surface area (Å²) in [5, 5.41) is 7.89. The first-order valence-corrected chi connectivity index (χ1v) is 12.5. The number of nitrogens with zero attached hydrogens (tertiary/aromatic N) is 4. The van der Waals surface area contributed by atoms with E-state index in [4.69, 9.17) is 13.8 Å². The molecule has 4 rings (SSSR count). The molecule has 0 radical (unpaired) electrons. The Labute approximate surface area is 195 Å². The third-order valence-corrected chi connectivity index (χ3v) is 6.13. The van der Waals surface area contributed by atoms with Gasteiger partial charge in [0.2, 0.25) is 17.5 Å². The van der Waals surface area contributed by atoms with E-state index in [1.54, 1.807) is 12.1 Å². The quantitative estimate of drug-likeness (QED) is 0.339. The average molecular weight is 487 g/mol. The molecule has 9 nitrogen and oxygen atoms in total. The van der Waals surface area contributed by atoms with Crippen LogP contribution in [0.5, 0.6) is 5.75 Å². The summed E-state index contributed by atoms with van der Waals surface area (Å²) < 4.78 is 54.1. The Bertz CT molecular complexity index is 1400. The molecule has 178 valence electrons. The molecule has 0 bridgehead atoms. The third kappa shape index (κ3) is 4.98. The van der Waals surface area contributed by atoms with Crippen LogP contribution in [0.2, 0.25) is 0 Å². The van der Waals surface area contributed by atoms with E-state index in [0.29, 0.717) is 29.4 Å². The molecule has 0 aliphatic heterocycles. The number of rotatable bonds is 8. The van der Waals surface area contributed by atoms with E-state index in [0.717, 1.165) is 17.9 Å². The van der Waals surface area contributed by atoms with Gasteiger partial charge < -0.3 is 13.8 Å². The zero-order valence-corrected chi connectivity index (χ0v) is 19.8. The van der Waals surface area contributed by atoms with E-state index in [9.17, 15) is 12.8 Å². The van der Waals surface area contributed by atoms with Gasteiger partial charge >= 0.3 is 0 Å². The monoisotopic (exact) mass is 486 g/mol. The molecule has 0 fully saturated rings. The maximum Gasteiger partial charge on any atom is 0.268 e. The predicted molar refractivity (Wildman–Crippen MR) is 120 cm³/mol. The zero-order chi connectivity index (χ0) is 24.5. The molecule has 1 unspecified atom stereocenters. The van der Waals surface area contributed by atoms with Gasteiger partial charge in [-0.3, -0.25) is 0 Å². The van der Waals surface area contributed by atoms with Gasteiger partial charge in [-0.2, -0.15) is 9.97 Å². The molecular formula is C23H23FN4O5S. The normalized spacial score (nSPS) is 12.8. The van der Waals surface area contributed by atoms with Crippen molar-refractivity contribution in [1.82, 2.24) is 20.3 Å². The van der Waals surface area contributed by atoms with Crippen LogP contribution in [0.4, 0.5) is 4.39 Å². The Morgan fingerprint density at radius 3 is 2.09 bits per heavy atom. The van der Waals surface area contributed by atoms with E-state index < -0.39 is 21.8 Å². The summed E-state index contributed by atoms with van der Waals surface area (Å²) >= 11 is 0. The van der Waals surface area contributed by atoms with Crippen molar-refractivity contribution < 1.29 is 26.6 Å². The van der Waals surface area contributed by atoms with Crippen LogP contribution < -0.4 is 4.74 Å². The Morgan fingerprint density at radius 1 is 0.941 bits per heavy atom. The van der Waals surface area contributed by atoms with Crippen LogP contribution >= 0.6 is 0 Å². The maximum atomic E-state index is 14.2. The van der Waals surface area contributed by atoms with Crippen molar-refractivity contribution in [2.45, 2.75) is 44.1 Å². The number of hydrogen-bond acceptors (Lipinski definition) is 9. The second-order valence-electron chi connectivity index (χ2n) is 8.02. The van der Waals surface area contributed by atoms with Gasteiger partial charge in [0, 0.05) is 23.3 Å². The van der Waals surface area contributed by atoms with Gasteiger partial charge in [0.25, 0.3) is 5.89 Å². The third-order valence-electron chi connectivity index (χ3n) is 5.00. The summed E-state index contributed by atoms with van der Waals surface area (Å²) in [6.45, 7) is 5.85. The van der Waals surface area contributed by atoms with Gasteiger partial charge in [-0.05, 0) is 48.9 Å². The highest BCUT2D eigenvalue weighted by Crippen LogP contribution is 2.29. The van der Waals surface area contributed by atoms with Gasteiger partial charge in [-0.15, -0.1) is 0 Å². The van der Waals surface area contributed by atoms with Crippen molar-refractivity contribution in [1.29, 1.82) is 0 Å². The number of ether oxygens (including phenoxy) is 1. The number of benzene rings is 2. The largest absolute Gasteiger partial charge is 0.481 e. The number of halogens is 1. The van der Waals surface area contributed by atoms with Gasteiger partial charge in [-0.25, -0.2) is 12.8 Å². The summed E-state index contributed by atoms with van der Waals surface area (Å²) in [5.74, 6) is 1.25. The molecule has 1 atom stereocenters. The molecular weight excluding hydrogens is 463 g/mol. The van der Waals surface area contributed by atoms with Crippen molar-refractivity contribution >= 4 is 9.84 Å². The second-order valence-corrected chi connectivity index (χ2v) is 10.0. The molecule has 34 heavy (non-hydrogen) atoms. The predicted octanol–water partition coefficient (Wildman–Crippen LogP) is 4.98. The summed E-state index contributed by atoms with van der Waals surface area (Å²) in [6, 6.07) is 10.9. The fraction of sp³-hybridized carbons (Fsp3) is 0.304. The Kier molecular flexibility index (Phi) is 6.47. The minimum absolute atomic E-state index is 0.129. The van der Waals surface area contributed by atoms with Gasteiger partial charge in [0.15, 0.2) is 15.9 Å². The lowest BCUT2D eigenvalue weighted by atomic mass is 10.2. The van der Waals surface area contributed by atoms with Gasteiger partial charge in [-0.1, -0.05) is 31.1 Å². The van der Waals surface area contributed by atoms with Gasteiger partial charge in [0.1, 0.15) is 16.5 Å². The summed E-state index contributed by atoms with van der Waals surface area (Å²) in [5.41, 5.74) is 1.08. The van der Waals surface area contributed by atoms with Crippen molar-refractivity contribution in [2.75, 3.05) is 6.26 Å². The summed E-state index contributed by atoms with van der Waals surface area (Å²) in [7, 11) is -3.68. The molecule has 2 aromatic carbocycles. The van der Waals surface area contributed by atoms with Crippen LogP contribution in [-0.2, 0) is 9.84 Å². The fourth-order valence-electron chi connectivity index (χ4n) is 3.17. The Balaban J connectivity index is 1.50. The zero-order valence-electron chi connectivity index (χ0n) is 19.0. The summed E-state index contributed by atoms with van der Waals surface area (Å²) in [6.07, 6.45) is 0.941. The number of hydrogen-bond donors (Lipinski definition) is 0. The molecule has 0 aliphatic rings. The molecule has 2 aromatic heterocycles.